The molecule has 0 atom stereocenters. The molecule has 0 amide bonds. The van der Waals surface area contributed by atoms with Gasteiger partial charge in [0.2, 0.25) is 0 Å². The molecule has 1 rings (SSSR count). The summed E-state index contributed by atoms with van der Waals surface area (Å²) >= 11 is 6.01. The lowest BCUT2D eigenvalue weighted by Gasteiger charge is -2.11. The number of ether oxygens (including phenoxy) is 1. The Balaban J connectivity index is 2.59. The zero-order chi connectivity index (χ0) is 13.2. The molecule has 0 radical (unpaired) electrons. The van der Waals surface area contributed by atoms with Gasteiger partial charge in [0.1, 0.15) is 5.75 Å². The van der Waals surface area contributed by atoms with Gasteiger partial charge in [0, 0.05) is 23.6 Å². The topological polar surface area (TPSA) is 21.3 Å². The quantitative estimate of drug-likeness (QED) is 0.600. The summed E-state index contributed by atoms with van der Waals surface area (Å²) in [6, 6.07) is 5.72. The zero-order valence-corrected chi connectivity index (χ0v) is 11.8. The van der Waals surface area contributed by atoms with Crippen molar-refractivity contribution in [3.63, 3.8) is 0 Å². The number of benzene rings is 1. The summed E-state index contributed by atoms with van der Waals surface area (Å²) < 4.78 is 5.72. The van der Waals surface area contributed by atoms with E-state index in [1.807, 2.05) is 25.1 Å². The van der Waals surface area contributed by atoms with Gasteiger partial charge in [0.25, 0.3) is 0 Å². The van der Waals surface area contributed by atoms with Gasteiger partial charge < -0.3 is 10.1 Å². The summed E-state index contributed by atoms with van der Waals surface area (Å²) in [6.45, 7) is 6.37. The molecule has 0 heterocycles. The molecule has 1 aromatic rings. The fourth-order valence-electron chi connectivity index (χ4n) is 1.56. The van der Waals surface area contributed by atoms with E-state index in [-0.39, 0.29) is 0 Å². The van der Waals surface area contributed by atoms with Gasteiger partial charge in [-0.3, -0.25) is 0 Å². The van der Waals surface area contributed by atoms with Crippen molar-refractivity contribution in [1.82, 2.24) is 5.32 Å². The van der Waals surface area contributed by atoms with Crippen LogP contribution in [0.2, 0.25) is 5.02 Å². The van der Waals surface area contributed by atoms with Crippen LogP contribution in [0.5, 0.6) is 5.75 Å². The summed E-state index contributed by atoms with van der Waals surface area (Å²) in [4.78, 5) is 0. The molecule has 0 unspecified atom stereocenters. The van der Waals surface area contributed by atoms with Gasteiger partial charge in [-0.1, -0.05) is 18.5 Å². The lowest BCUT2D eigenvalue weighted by molar-refractivity contribution is 0.323. The highest BCUT2D eigenvalue weighted by atomic mass is 35.5. The van der Waals surface area contributed by atoms with Crippen molar-refractivity contribution in [2.24, 2.45) is 0 Å². The molecule has 0 aliphatic carbocycles. The zero-order valence-electron chi connectivity index (χ0n) is 11.1. The smallest absolute Gasteiger partial charge is 0.123 e. The van der Waals surface area contributed by atoms with Crippen LogP contribution in [0.4, 0.5) is 0 Å². The molecule has 0 aliphatic heterocycles. The van der Waals surface area contributed by atoms with Gasteiger partial charge in [0.05, 0.1) is 6.61 Å². The first-order chi connectivity index (χ1) is 8.77. The summed E-state index contributed by atoms with van der Waals surface area (Å²) in [5.41, 5.74) is 1.10. The molecule has 0 bridgehead atoms. The van der Waals surface area contributed by atoms with Crippen LogP contribution < -0.4 is 10.1 Å². The van der Waals surface area contributed by atoms with E-state index in [9.17, 15) is 0 Å². The highest BCUT2D eigenvalue weighted by Crippen LogP contribution is 2.23. The second-order valence-electron chi connectivity index (χ2n) is 3.95. The molecule has 18 heavy (non-hydrogen) atoms. The Morgan fingerprint density at radius 2 is 2.22 bits per heavy atom. The largest absolute Gasteiger partial charge is 0.492 e. The molecule has 0 aromatic heterocycles. The average molecular weight is 266 g/mol. The van der Waals surface area contributed by atoms with Gasteiger partial charge in [-0.15, -0.1) is 11.8 Å². The van der Waals surface area contributed by atoms with Crippen LogP contribution in [-0.2, 0) is 6.54 Å². The van der Waals surface area contributed by atoms with Crippen molar-refractivity contribution in [3.05, 3.63) is 28.8 Å². The summed E-state index contributed by atoms with van der Waals surface area (Å²) in [5, 5.41) is 4.09. The van der Waals surface area contributed by atoms with Crippen molar-refractivity contribution in [2.45, 2.75) is 33.2 Å². The number of hydrogen-bond acceptors (Lipinski definition) is 2. The SMILES string of the molecule is CC#CCCOc1ccc(Cl)cc1CNCCC. The molecule has 0 aliphatic rings. The molecular weight excluding hydrogens is 246 g/mol. The van der Waals surface area contributed by atoms with Gasteiger partial charge >= 0.3 is 0 Å². The Morgan fingerprint density at radius 3 is 2.94 bits per heavy atom. The molecule has 0 saturated heterocycles. The fraction of sp³-hybridized carbons (Fsp3) is 0.467. The highest BCUT2D eigenvalue weighted by molar-refractivity contribution is 6.30. The Labute approximate surface area is 115 Å². The van der Waals surface area contributed by atoms with E-state index in [1.54, 1.807) is 0 Å². The van der Waals surface area contributed by atoms with Crippen LogP contribution in [-0.4, -0.2) is 13.2 Å². The molecule has 0 fully saturated rings. The third kappa shape index (κ3) is 5.44. The van der Waals surface area contributed by atoms with E-state index in [2.05, 4.69) is 24.1 Å². The minimum atomic E-state index is 0.614. The van der Waals surface area contributed by atoms with E-state index >= 15 is 0 Å². The van der Waals surface area contributed by atoms with Crippen LogP contribution in [0.3, 0.4) is 0 Å². The predicted octanol–water partition coefficient (Wildman–Crippen LogP) is 3.63. The molecular formula is C15H20ClNO. The van der Waals surface area contributed by atoms with Crippen LogP contribution >= 0.6 is 11.6 Å². The van der Waals surface area contributed by atoms with E-state index in [4.69, 9.17) is 16.3 Å². The average Bonchev–Trinajstić information content (AvgIpc) is 2.37. The maximum atomic E-state index is 6.01. The molecule has 0 spiro atoms. The normalized spacial score (nSPS) is 9.72. The van der Waals surface area contributed by atoms with E-state index in [0.29, 0.717) is 6.61 Å². The summed E-state index contributed by atoms with van der Waals surface area (Å²) in [7, 11) is 0. The monoisotopic (exact) mass is 265 g/mol. The number of rotatable bonds is 7. The summed E-state index contributed by atoms with van der Waals surface area (Å²) in [5.74, 6) is 6.73. The number of hydrogen-bond donors (Lipinski definition) is 1. The van der Waals surface area contributed by atoms with E-state index in [1.165, 1.54) is 0 Å². The molecule has 1 N–H and O–H groups in total. The molecule has 1 aromatic carbocycles. The highest BCUT2D eigenvalue weighted by Gasteiger charge is 2.04. The van der Waals surface area contributed by atoms with Gasteiger partial charge in [-0.2, -0.15) is 0 Å². The second kappa shape index (κ2) is 8.85. The standard InChI is InChI=1S/C15H20ClNO/c1-3-5-6-10-18-15-8-7-14(16)11-13(15)12-17-9-4-2/h7-8,11,17H,4,6,9-10,12H2,1-2H3. The van der Waals surface area contributed by atoms with Crippen LogP contribution in [0.25, 0.3) is 0 Å². The van der Waals surface area contributed by atoms with Crippen molar-refractivity contribution in [2.75, 3.05) is 13.2 Å². The van der Waals surface area contributed by atoms with Crippen molar-refractivity contribution in [1.29, 1.82) is 0 Å². The van der Waals surface area contributed by atoms with E-state index in [0.717, 1.165) is 42.3 Å². The lowest BCUT2D eigenvalue weighted by Crippen LogP contribution is -2.14. The van der Waals surface area contributed by atoms with Crippen molar-refractivity contribution >= 4 is 11.6 Å². The minimum Gasteiger partial charge on any atom is -0.492 e. The summed E-state index contributed by atoms with van der Waals surface area (Å²) in [6.07, 6.45) is 1.86. The van der Waals surface area contributed by atoms with Crippen LogP contribution in [0, 0.1) is 11.8 Å². The molecule has 2 nitrogen and oxygen atoms in total. The van der Waals surface area contributed by atoms with Gasteiger partial charge in [-0.25, -0.2) is 0 Å². The lowest BCUT2D eigenvalue weighted by atomic mass is 10.2. The maximum Gasteiger partial charge on any atom is 0.123 e. The molecule has 3 heteroatoms. The Bertz CT molecular complexity index is 420. The first-order valence-corrected chi connectivity index (χ1v) is 6.67. The first kappa shape index (κ1) is 14.9. The molecule has 98 valence electrons. The molecule has 0 saturated carbocycles. The predicted molar refractivity (Wildman–Crippen MR) is 77.0 cm³/mol. The Hall–Kier alpha value is -1.17. The van der Waals surface area contributed by atoms with Crippen molar-refractivity contribution < 1.29 is 4.74 Å². The Morgan fingerprint density at radius 1 is 1.39 bits per heavy atom. The number of nitrogens with one attached hydrogen (secondary N) is 1. The Kier molecular flexibility index (Phi) is 7.32. The maximum absolute atomic E-state index is 6.01. The van der Waals surface area contributed by atoms with Gasteiger partial charge in [-0.05, 0) is 38.1 Å². The van der Waals surface area contributed by atoms with Gasteiger partial charge in [0.15, 0.2) is 0 Å². The third-order valence-electron chi connectivity index (χ3n) is 2.43. The van der Waals surface area contributed by atoms with Crippen molar-refractivity contribution in [3.8, 4) is 17.6 Å². The first-order valence-electron chi connectivity index (χ1n) is 6.29. The second-order valence-corrected chi connectivity index (χ2v) is 4.39. The fourth-order valence-corrected chi connectivity index (χ4v) is 1.76. The van der Waals surface area contributed by atoms with Crippen LogP contribution in [0.15, 0.2) is 18.2 Å². The van der Waals surface area contributed by atoms with E-state index < -0.39 is 0 Å². The number of halogens is 1. The minimum absolute atomic E-state index is 0.614. The van der Waals surface area contributed by atoms with Crippen LogP contribution in [0.1, 0.15) is 32.3 Å². The third-order valence-corrected chi connectivity index (χ3v) is 2.66.